The SMILES string of the molecule is COc1ccc(NCCN2CCN(C)CC2)c(C)c1. The molecule has 1 heterocycles. The number of methoxy groups -OCH3 is 1. The second-order valence-electron chi connectivity index (χ2n) is 5.25. The van der Waals surface area contributed by atoms with Crippen molar-refractivity contribution in [2.45, 2.75) is 6.92 Å². The Morgan fingerprint density at radius 2 is 1.95 bits per heavy atom. The number of benzene rings is 1. The Morgan fingerprint density at radius 3 is 2.58 bits per heavy atom. The van der Waals surface area contributed by atoms with Crippen molar-refractivity contribution in [1.82, 2.24) is 9.80 Å². The molecule has 106 valence electrons. The standard InChI is InChI=1S/C15H25N3O/c1-13-12-14(19-3)4-5-15(13)16-6-7-18-10-8-17(2)9-11-18/h4-5,12,16H,6-11H2,1-3H3. The van der Waals surface area contributed by atoms with Crippen LogP contribution in [-0.4, -0.2) is 63.2 Å². The van der Waals surface area contributed by atoms with E-state index in [-0.39, 0.29) is 0 Å². The lowest BCUT2D eigenvalue weighted by atomic mass is 10.2. The minimum atomic E-state index is 0.919. The molecule has 1 aliphatic heterocycles. The molecule has 1 N–H and O–H groups in total. The van der Waals surface area contributed by atoms with Gasteiger partial charge in [-0.1, -0.05) is 0 Å². The normalized spacial score (nSPS) is 17.4. The molecule has 1 aromatic carbocycles. The topological polar surface area (TPSA) is 27.7 Å². The Labute approximate surface area is 116 Å². The summed E-state index contributed by atoms with van der Waals surface area (Å²) in [5, 5.41) is 3.51. The van der Waals surface area contributed by atoms with Gasteiger partial charge in [-0.2, -0.15) is 0 Å². The average molecular weight is 263 g/mol. The molecule has 1 aliphatic rings. The lowest BCUT2D eigenvalue weighted by molar-refractivity contribution is 0.158. The molecule has 0 amide bonds. The molecule has 0 radical (unpaired) electrons. The van der Waals surface area contributed by atoms with Gasteiger partial charge in [-0.15, -0.1) is 0 Å². The van der Waals surface area contributed by atoms with Crippen LogP contribution < -0.4 is 10.1 Å². The molecule has 0 aromatic heterocycles. The van der Waals surface area contributed by atoms with Crippen LogP contribution in [0.15, 0.2) is 18.2 Å². The van der Waals surface area contributed by atoms with Crippen molar-refractivity contribution in [3.05, 3.63) is 23.8 Å². The highest BCUT2D eigenvalue weighted by Gasteiger charge is 2.12. The van der Waals surface area contributed by atoms with Crippen molar-refractivity contribution in [3.63, 3.8) is 0 Å². The van der Waals surface area contributed by atoms with E-state index in [4.69, 9.17) is 4.74 Å². The van der Waals surface area contributed by atoms with Crippen LogP contribution in [0.1, 0.15) is 5.56 Å². The van der Waals surface area contributed by atoms with Gasteiger partial charge in [-0.25, -0.2) is 0 Å². The van der Waals surface area contributed by atoms with Crippen molar-refractivity contribution in [1.29, 1.82) is 0 Å². The highest BCUT2D eigenvalue weighted by atomic mass is 16.5. The monoisotopic (exact) mass is 263 g/mol. The Hall–Kier alpha value is -1.26. The molecule has 0 spiro atoms. The Balaban J connectivity index is 1.76. The lowest BCUT2D eigenvalue weighted by Crippen LogP contribution is -2.45. The summed E-state index contributed by atoms with van der Waals surface area (Å²) in [6.07, 6.45) is 0. The van der Waals surface area contributed by atoms with Crippen molar-refractivity contribution >= 4 is 5.69 Å². The van der Waals surface area contributed by atoms with Crippen molar-refractivity contribution < 1.29 is 4.74 Å². The summed E-state index contributed by atoms with van der Waals surface area (Å²) in [6, 6.07) is 6.17. The van der Waals surface area contributed by atoms with Gasteiger partial charge in [0.25, 0.3) is 0 Å². The molecule has 0 bridgehead atoms. The predicted octanol–water partition coefficient (Wildman–Crippen LogP) is 1.66. The van der Waals surface area contributed by atoms with E-state index in [1.807, 2.05) is 6.07 Å². The third kappa shape index (κ3) is 4.11. The molecule has 1 fully saturated rings. The van der Waals surface area contributed by atoms with Gasteiger partial charge >= 0.3 is 0 Å². The van der Waals surface area contributed by atoms with Crippen LogP contribution in [0.25, 0.3) is 0 Å². The summed E-state index contributed by atoms with van der Waals surface area (Å²) < 4.78 is 5.22. The zero-order chi connectivity index (χ0) is 13.7. The molecule has 1 saturated heterocycles. The fourth-order valence-corrected chi connectivity index (χ4v) is 2.38. The number of rotatable bonds is 5. The van der Waals surface area contributed by atoms with Crippen LogP contribution >= 0.6 is 0 Å². The Kier molecular flexibility index (Phi) is 5.05. The summed E-state index contributed by atoms with van der Waals surface area (Å²) in [5.74, 6) is 0.919. The van der Waals surface area contributed by atoms with Gasteiger partial charge in [0.2, 0.25) is 0 Å². The summed E-state index contributed by atoms with van der Waals surface area (Å²) in [6.45, 7) is 8.94. The first-order chi connectivity index (χ1) is 9.19. The van der Waals surface area contributed by atoms with Gasteiger partial charge in [-0.05, 0) is 37.7 Å². The van der Waals surface area contributed by atoms with Crippen LogP contribution in [0.2, 0.25) is 0 Å². The minimum absolute atomic E-state index is 0.919. The average Bonchev–Trinajstić information content (AvgIpc) is 2.42. The summed E-state index contributed by atoms with van der Waals surface area (Å²) in [4.78, 5) is 4.91. The quantitative estimate of drug-likeness (QED) is 0.874. The van der Waals surface area contributed by atoms with Gasteiger partial charge in [0.05, 0.1) is 7.11 Å². The van der Waals surface area contributed by atoms with E-state index in [0.29, 0.717) is 0 Å². The smallest absolute Gasteiger partial charge is 0.119 e. The number of nitrogens with one attached hydrogen (secondary N) is 1. The molecular formula is C15H25N3O. The molecule has 0 unspecified atom stereocenters. The fraction of sp³-hybridized carbons (Fsp3) is 0.600. The maximum absolute atomic E-state index is 5.22. The first-order valence-corrected chi connectivity index (χ1v) is 6.98. The van der Waals surface area contributed by atoms with E-state index in [2.05, 4.69) is 41.2 Å². The van der Waals surface area contributed by atoms with Gasteiger partial charge in [-0.3, -0.25) is 4.90 Å². The number of hydrogen-bond donors (Lipinski definition) is 1. The van der Waals surface area contributed by atoms with Crippen LogP contribution in [0.5, 0.6) is 5.75 Å². The third-order valence-electron chi connectivity index (χ3n) is 3.77. The van der Waals surface area contributed by atoms with Crippen LogP contribution in [0.4, 0.5) is 5.69 Å². The van der Waals surface area contributed by atoms with Crippen LogP contribution in [0, 0.1) is 6.92 Å². The number of piperazine rings is 1. The summed E-state index contributed by atoms with van der Waals surface area (Å²) in [7, 11) is 3.89. The highest BCUT2D eigenvalue weighted by Crippen LogP contribution is 2.20. The summed E-state index contributed by atoms with van der Waals surface area (Å²) in [5.41, 5.74) is 2.44. The fourth-order valence-electron chi connectivity index (χ4n) is 2.38. The third-order valence-corrected chi connectivity index (χ3v) is 3.77. The molecule has 4 heteroatoms. The number of anilines is 1. The van der Waals surface area contributed by atoms with Gasteiger partial charge in [0.1, 0.15) is 5.75 Å². The molecule has 0 saturated carbocycles. The lowest BCUT2D eigenvalue weighted by Gasteiger charge is -2.32. The van der Waals surface area contributed by atoms with Gasteiger partial charge < -0.3 is 15.0 Å². The summed E-state index contributed by atoms with van der Waals surface area (Å²) >= 11 is 0. The Morgan fingerprint density at radius 1 is 1.21 bits per heavy atom. The predicted molar refractivity (Wildman–Crippen MR) is 80.2 cm³/mol. The van der Waals surface area contributed by atoms with E-state index >= 15 is 0 Å². The van der Waals surface area contributed by atoms with Crippen molar-refractivity contribution in [2.75, 3.05) is 58.7 Å². The van der Waals surface area contributed by atoms with Gasteiger partial charge in [0.15, 0.2) is 0 Å². The highest BCUT2D eigenvalue weighted by molar-refractivity contribution is 5.53. The molecule has 1 aromatic rings. The number of nitrogens with zero attached hydrogens (tertiary/aromatic N) is 2. The molecule has 4 nitrogen and oxygen atoms in total. The van der Waals surface area contributed by atoms with E-state index in [9.17, 15) is 0 Å². The molecule has 0 aliphatic carbocycles. The minimum Gasteiger partial charge on any atom is -0.497 e. The number of ether oxygens (including phenoxy) is 1. The van der Waals surface area contributed by atoms with E-state index in [1.165, 1.54) is 37.4 Å². The van der Waals surface area contributed by atoms with Crippen molar-refractivity contribution in [2.24, 2.45) is 0 Å². The maximum Gasteiger partial charge on any atom is 0.119 e. The number of likely N-dealkylation sites (N-methyl/N-ethyl adjacent to an activating group) is 1. The maximum atomic E-state index is 5.22. The van der Waals surface area contributed by atoms with Crippen LogP contribution in [-0.2, 0) is 0 Å². The van der Waals surface area contributed by atoms with E-state index in [1.54, 1.807) is 7.11 Å². The largest absolute Gasteiger partial charge is 0.497 e. The second kappa shape index (κ2) is 6.78. The Bertz CT molecular complexity index is 400. The van der Waals surface area contributed by atoms with Crippen LogP contribution in [0.3, 0.4) is 0 Å². The zero-order valence-electron chi connectivity index (χ0n) is 12.3. The molecule has 19 heavy (non-hydrogen) atoms. The first-order valence-electron chi connectivity index (χ1n) is 6.98. The molecule has 2 rings (SSSR count). The van der Waals surface area contributed by atoms with Gasteiger partial charge in [0, 0.05) is 45.0 Å². The van der Waals surface area contributed by atoms with E-state index in [0.717, 1.165) is 18.8 Å². The molecular weight excluding hydrogens is 238 g/mol. The van der Waals surface area contributed by atoms with E-state index < -0.39 is 0 Å². The number of aryl methyl sites for hydroxylation is 1. The zero-order valence-corrected chi connectivity index (χ0v) is 12.3. The molecule has 0 atom stereocenters. The first kappa shape index (κ1) is 14.2. The van der Waals surface area contributed by atoms with Crippen molar-refractivity contribution in [3.8, 4) is 5.75 Å². The second-order valence-corrected chi connectivity index (χ2v) is 5.25. The number of hydrogen-bond acceptors (Lipinski definition) is 4.